The molecule has 0 bridgehead atoms. The van der Waals surface area contributed by atoms with Crippen molar-refractivity contribution in [3.8, 4) is 11.1 Å². The third kappa shape index (κ3) is 6.77. The van der Waals surface area contributed by atoms with E-state index in [-0.39, 0.29) is 5.41 Å². The summed E-state index contributed by atoms with van der Waals surface area (Å²) in [5.41, 5.74) is 8.19. The molecule has 0 spiro atoms. The van der Waals surface area contributed by atoms with Crippen molar-refractivity contribution >= 4 is 0 Å². The van der Waals surface area contributed by atoms with Crippen molar-refractivity contribution in [3.63, 3.8) is 0 Å². The van der Waals surface area contributed by atoms with Crippen molar-refractivity contribution < 1.29 is 4.74 Å². The first-order chi connectivity index (χ1) is 14.9. The van der Waals surface area contributed by atoms with Crippen molar-refractivity contribution in [2.45, 2.75) is 52.9 Å². The highest BCUT2D eigenvalue weighted by atomic mass is 16.5. The van der Waals surface area contributed by atoms with Gasteiger partial charge in [-0.3, -0.25) is 4.98 Å². The minimum Gasteiger partial charge on any atom is -0.385 e. The zero-order chi connectivity index (χ0) is 22.3. The molecular weight excluding hydrogens is 378 g/mol. The summed E-state index contributed by atoms with van der Waals surface area (Å²) in [4.78, 5) is 4.32. The molecule has 0 amide bonds. The van der Waals surface area contributed by atoms with Gasteiger partial charge in [0, 0.05) is 26.1 Å². The fourth-order valence-corrected chi connectivity index (χ4v) is 4.32. The van der Waals surface area contributed by atoms with Gasteiger partial charge >= 0.3 is 0 Å². The van der Waals surface area contributed by atoms with Gasteiger partial charge in [0.25, 0.3) is 0 Å². The van der Waals surface area contributed by atoms with Crippen LogP contribution in [0.4, 0.5) is 0 Å². The molecule has 1 unspecified atom stereocenters. The number of nitrogens with zero attached hydrogens (tertiary/aromatic N) is 1. The van der Waals surface area contributed by atoms with Gasteiger partial charge in [-0.25, -0.2) is 0 Å². The van der Waals surface area contributed by atoms with Gasteiger partial charge in [0.05, 0.1) is 0 Å². The van der Waals surface area contributed by atoms with Gasteiger partial charge in [-0.15, -0.1) is 0 Å². The van der Waals surface area contributed by atoms with Crippen molar-refractivity contribution in [3.05, 3.63) is 95.7 Å². The van der Waals surface area contributed by atoms with Crippen LogP contribution in [0.25, 0.3) is 11.1 Å². The van der Waals surface area contributed by atoms with Crippen LogP contribution < -0.4 is 0 Å². The average Bonchev–Trinajstić information content (AvgIpc) is 2.73. The summed E-state index contributed by atoms with van der Waals surface area (Å²) in [5, 5.41) is 0. The number of benzene rings is 2. The first kappa shape index (κ1) is 23.2. The second-order valence-electron chi connectivity index (χ2n) is 9.53. The number of aromatic nitrogens is 1. The first-order valence-electron chi connectivity index (χ1n) is 11.3. The van der Waals surface area contributed by atoms with E-state index in [4.69, 9.17) is 4.74 Å². The molecule has 0 fully saturated rings. The quantitative estimate of drug-likeness (QED) is 0.345. The third-order valence-electron chi connectivity index (χ3n) is 5.67. The number of aryl methyl sites for hydroxylation is 2. The number of ether oxygens (including phenoxy) is 1. The van der Waals surface area contributed by atoms with Crippen LogP contribution in [-0.2, 0) is 17.6 Å². The smallest absolute Gasteiger partial charge is 0.0465 e. The summed E-state index contributed by atoms with van der Waals surface area (Å²) in [7, 11) is 1.77. The molecule has 1 radical (unpaired) electrons. The van der Waals surface area contributed by atoms with Gasteiger partial charge in [-0.05, 0) is 83.4 Å². The summed E-state index contributed by atoms with van der Waals surface area (Å²) in [5.74, 6) is 0.357. The fraction of sp³-hybridized carbons (Fsp3) is 0.379. The van der Waals surface area contributed by atoms with Gasteiger partial charge in [-0.2, -0.15) is 0 Å². The third-order valence-corrected chi connectivity index (χ3v) is 5.67. The molecule has 163 valence electrons. The Balaban J connectivity index is 1.90. The van der Waals surface area contributed by atoms with Crippen LogP contribution in [0, 0.1) is 18.8 Å². The molecule has 0 aliphatic heterocycles. The van der Waals surface area contributed by atoms with E-state index in [9.17, 15) is 0 Å². The van der Waals surface area contributed by atoms with Crippen LogP contribution >= 0.6 is 0 Å². The van der Waals surface area contributed by atoms with Crippen LogP contribution in [0.15, 0.2) is 67.0 Å². The molecule has 1 atom stereocenters. The van der Waals surface area contributed by atoms with E-state index in [0.717, 1.165) is 25.9 Å². The Hall–Kier alpha value is -2.45. The molecule has 2 aromatic carbocycles. The fourth-order valence-electron chi connectivity index (χ4n) is 4.32. The SMILES string of the molecule is COCCCc1ccccc1-c1ccc(C([CH]C(C)(C)C)Cc2cccnc2)c(C)c1. The van der Waals surface area contributed by atoms with E-state index in [1.165, 1.54) is 33.4 Å². The van der Waals surface area contributed by atoms with Crippen LogP contribution in [0.5, 0.6) is 0 Å². The lowest BCUT2D eigenvalue weighted by Crippen LogP contribution is -2.16. The van der Waals surface area contributed by atoms with Crippen molar-refractivity contribution in [2.24, 2.45) is 5.41 Å². The van der Waals surface area contributed by atoms with Crippen molar-refractivity contribution in [1.82, 2.24) is 4.98 Å². The summed E-state index contributed by atoms with van der Waals surface area (Å²) in [6, 6.07) is 19.9. The highest BCUT2D eigenvalue weighted by Gasteiger charge is 2.23. The summed E-state index contributed by atoms with van der Waals surface area (Å²) >= 11 is 0. The zero-order valence-corrected chi connectivity index (χ0v) is 19.7. The number of hydrogen-bond acceptors (Lipinski definition) is 2. The molecule has 0 aliphatic rings. The molecule has 2 heteroatoms. The predicted molar refractivity (Wildman–Crippen MR) is 131 cm³/mol. The summed E-state index contributed by atoms with van der Waals surface area (Å²) in [6.07, 6.45) is 9.36. The number of methoxy groups -OCH3 is 1. The van der Waals surface area contributed by atoms with Gasteiger partial charge < -0.3 is 4.74 Å². The molecule has 3 rings (SSSR count). The van der Waals surface area contributed by atoms with Crippen molar-refractivity contribution in [1.29, 1.82) is 0 Å². The molecule has 1 heterocycles. The van der Waals surface area contributed by atoms with E-state index in [1.807, 2.05) is 18.5 Å². The Bertz CT molecular complexity index is 956. The highest BCUT2D eigenvalue weighted by molar-refractivity contribution is 5.68. The molecule has 0 saturated heterocycles. The summed E-state index contributed by atoms with van der Waals surface area (Å²) < 4.78 is 5.25. The van der Waals surface area contributed by atoms with E-state index in [2.05, 4.69) is 87.6 Å². The second kappa shape index (κ2) is 10.7. The minimum absolute atomic E-state index is 0.145. The largest absolute Gasteiger partial charge is 0.385 e. The number of pyridine rings is 1. The summed E-state index contributed by atoms with van der Waals surface area (Å²) in [6.45, 7) is 9.89. The Morgan fingerprint density at radius 3 is 2.52 bits per heavy atom. The van der Waals surface area contributed by atoms with E-state index >= 15 is 0 Å². The Labute approximate surface area is 188 Å². The Morgan fingerprint density at radius 2 is 1.84 bits per heavy atom. The van der Waals surface area contributed by atoms with E-state index < -0.39 is 0 Å². The highest BCUT2D eigenvalue weighted by Crippen LogP contribution is 2.36. The van der Waals surface area contributed by atoms with E-state index in [0.29, 0.717) is 5.92 Å². The van der Waals surface area contributed by atoms with Crippen LogP contribution in [0.1, 0.15) is 55.4 Å². The van der Waals surface area contributed by atoms with Crippen molar-refractivity contribution in [2.75, 3.05) is 13.7 Å². The number of rotatable bonds is 9. The van der Waals surface area contributed by atoms with Crippen LogP contribution in [0.3, 0.4) is 0 Å². The second-order valence-corrected chi connectivity index (χ2v) is 9.53. The minimum atomic E-state index is 0.145. The van der Waals surface area contributed by atoms with Crippen LogP contribution in [-0.4, -0.2) is 18.7 Å². The predicted octanol–water partition coefficient (Wildman–Crippen LogP) is 7.21. The topological polar surface area (TPSA) is 22.1 Å². The Kier molecular flexibility index (Phi) is 8.03. The lowest BCUT2D eigenvalue weighted by Gasteiger charge is -2.27. The monoisotopic (exact) mass is 414 g/mol. The molecule has 0 N–H and O–H groups in total. The van der Waals surface area contributed by atoms with Gasteiger partial charge in [0.15, 0.2) is 0 Å². The number of hydrogen-bond donors (Lipinski definition) is 0. The van der Waals surface area contributed by atoms with Crippen LogP contribution in [0.2, 0.25) is 0 Å². The standard InChI is InChI=1S/C29H36NO/c1-22-18-25(28-13-7-6-11-24(28)12-9-17-31-5)14-15-27(22)26(20-29(2,3)4)19-23-10-8-16-30-21-23/h6-8,10-11,13-16,18,20-21,26H,9,12,17,19H2,1-5H3. The molecule has 31 heavy (non-hydrogen) atoms. The molecular formula is C29H36NO. The molecule has 0 saturated carbocycles. The molecule has 1 aromatic heterocycles. The van der Waals surface area contributed by atoms with Gasteiger partial charge in [0.1, 0.15) is 0 Å². The maximum atomic E-state index is 5.25. The first-order valence-corrected chi connectivity index (χ1v) is 11.3. The Morgan fingerprint density at radius 1 is 1.03 bits per heavy atom. The molecule has 2 nitrogen and oxygen atoms in total. The zero-order valence-electron chi connectivity index (χ0n) is 19.7. The molecule has 3 aromatic rings. The lowest BCUT2D eigenvalue weighted by atomic mass is 9.77. The van der Waals surface area contributed by atoms with Gasteiger partial charge in [0.2, 0.25) is 0 Å². The van der Waals surface area contributed by atoms with Gasteiger partial charge in [-0.1, -0.05) is 69.3 Å². The normalized spacial score (nSPS) is 12.7. The van der Waals surface area contributed by atoms with E-state index in [1.54, 1.807) is 7.11 Å². The lowest BCUT2D eigenvalue weighted by molar-refractivity contribution is 0.195. The molecule has 0 aliphatic carbocycles. The maximum absolute atomic E-state index is 5.25. The average molecular weight is 415 g/mol. The maximum Gasteiger partial charge on any atom is 0.0465 e.